The summed E-state index contributed by atoms with van der Waals surface area (Å²) in [6, 6.07) is 59.1. The van der Waals surface area contributed by atoms with Crippen LogP contribution in [0.25, 0.3) is 53.2 Å². The summed E-state index contributed by atoms with van der Waals surface area (Å²) in [4.78, 5) is 2.33. The molecule has 0 fully saturated rings. The SMILES string of the molecule is c1ccc(-c2cccc(N(c3ccccc3)c3ccc(-c4ccc5sc6ccc7ccccc7c6c5c4)cc3)c2)cc1. The lowest BCUT2D eigenvalue weighted by Gasteiger charge is -2.26. The highest BCUT2D eigenvalue weighted by Crippen LogP contribution is 2.41. The smallest absolute Gasteiger partial charge is 0.0467 e. The maximum atomic E-state index is 2.37. The Balaban J connectivity index is 1.21. The molecule has 0 N–H and O–H groups in total. The summed E-state index contributed by atoms with van der Waals surface area (Å²) < 4.78 is 2.67. The van der Waals surface area contributed by atoms with Crippen molar-refractivity contribution in [3.05, 3.63) is 164 Å². The molecule has 1 nitrogen and oxygen atoms in total. The zero-order chi connectivity index (χ0) is 27.9. The van der Waals surface area contributed by atoms with E-state index >= 15 is 0 Å². The summed E-state index contributed by atoms with van der Waals surface area (Å²) >= 11 is 1.87. The van der Waals surface area contributed by atoms with Crippen molar-refractivity contribution in [1.29, 1.82) is 0 Å². The van der Waals surface area contributed by atoms with Gasteiger partial charge in [0, 0.05) is 37.2 Å². The monoisotopic (exact) mass is 553 g/mol. The van der Waals surface area contributed by atoms with Crippen LogP contribution in [-0.2, 0) is 0 Å². The Labute approximate surface area is 249 Å². The molecule has 0 aliphatic heterocycles. The summed E-state index contributed by atoms with van der Waals surface area (Å²) in [6.45, 7) is 0. The Bertz CT molecular complexity index is 2180. The van der Waals surface area contributed by atoms with Crippen molar-refractivity contribution < 1.29 is 0 Å². The first-order valence-electron chi connectivity index (χ1n) is 14.3. The molecule has 7 aromatic carbocycles. The number of para-hydroxylation sites is 1. The van der Waals surface area contributed by atoms with Crippen LogP contribution in [0.5, 0.6) is 0 Å². The van der Waals surface area contributed by atoms with Gasteiger partial charge in [0.1, 0.15) is 0 Å². The second-order valence-electron chi connectivity index (χ2n) is 10.6. The van der Waals surface area contributed by atoms with E-state index in [1.807, 2.05) is 11.3 Å². The van der Waals surface area contributed by atoms with Crippen LogP contribution < -0.4 is 4.90 Å². The lowest BCUT2D eigenvalue weighted by molar-refractivity contribution is 1.28. The van der Waals surface area contributed by atoms with Crippen molar-refractivity contribution in [2.24, 2.45) is 0 Å². The summed E-state index contributed by atoms with van der Waals surface area (Å²) in [7, 11) is 0. The van der Waals surface area contributed by atoms with Gasteiger partial charge in [0.2, 0.25) is 0 Å². The molecule has 0 amide bonds. The van der Waals surface area contributed by atoms with Crippen LogP contribution in [0.2, 0.25) is 0 Å². The van der Waals surface area contributed by atoms with E-state index in [1.165, 1.54) is 53.2 Å². The first-order chi connectivity index (χ1) is 20.8. The molecule has 0 spiro atoms. The number of thiophene rings is 1. The maximum absolute atomic E-state index is 2.37. The Morgan fingerprint density at radius 3 is 1.79 bits per heavy atom. The average Bonchev–Trinajstić information content (AvgIpc) is 3.45. The van der Waals surface area contributed by atoms with E-state index in [4.69, 9.17) is 0 Å². The Kier molecular flexibility index (Phi) is 6.05. The van der Waals surface area contributed by atoms with Crippen LogP contribution >= 0.6 is 11.3 Å². The van der Waals surface area contributed by atoms with E-state index in [0.717, 1.165) is 17.1 Å². The molecule has 8 aromatic rings. The predicted molar refractivity (Wildman–Crippen MR) is 182 cm³/mol. The molecule has 1 aromatic heterocycles. The molecular weight excluding hydrogens is 527 g/mol. The van der Waals surface area contributed by atoms with Gasteiger partial charge in [-0.2, -0.15) is 0 Å². The molecule has 0 aliphatic rings. The summed E-state index contributed by atoms with van der Waals surface area (Å²) in [6.07, 6.45) is 0. The zero-order valence-corrected chi connectivity index (χ0v) is 23.8. The summed E-state index contributed by atoms with van der Waals surface area (Å²) in [5, 5.41) is 5.30. The van der Waals surface area contributed by atoms with E-state index in [0.29, 0.717) is 0 Å². The summed E-state index contributed by atoms with van der Waals surface area (Å²) in [5.41, 5.74) is 8.26. The number of hydrogen-bond acceptors (Lipinski definition) is 2. The lowest BCUT2D eigenvalue weighted by Crippen LogP contribution is -2.09. The maximum Gasteiger partial charge on any atom is 0.0467 e. The van der Waals surface area contributed by atoms with Crippen LogP contribution in [0, 0.1) is 0 Å². The number of benzene rings is 7. The van der Waals surface area contributed by atoms with Gasteiger partial charge in [-0.25, -0.2) is 0 Å². The highest BCUT2D eigenvalue weighted by molar-refractivity contribution is 7.26. The highest BCUT2D eigenvalue weighted by Gasteiger charge is 2.14. The van der Waals surface area contributed by atoms with Crippen molar-refractivity contribution in [3.63, 3.8) is 0 Å². The molecule has 0 unspecified atom stereocenters. The van der Waals surface area contributed by atoms with Crippen LogP contribution in [-0.4, -0.2) is 0 Å². The molecule has 0 saturated carbocycles. The highest BCUT2D eigenvalue weighted by atomic mass is 32.1. The first-order valence-corrected chi connectivity index (χ1v) is 15.1. The normalized spacial score (nSPS) is 11.3. The number of fused-ring (bicyclic) bond motifs is 5. The second-order valence-corrected chi connectivity index (χ2v) is 11.7. The molecule has 0 saturated heterocycles. The van der Waals surface area contributed by atoms with E-state index in [9.17, 15) is 0 Å². The van der Waals surface area contributed by atoms with Crippen molar-refractivity contribution >= 4 is 59.3 Å². The molecule has 0 aliphatic carbocycles. The summed E-state index contributed by atoms with van der Waals surface area (Å²) in [5.74, 6) is 0. The Morgan fingerprint density at radius 1 is 0.357 bits per heavy atom. The van der Waals surface area contributed by atoms with Gasteiger partial charge < -0.3 is 4.90 Å². The van der Waals surface area contributed by atoms with Gasteiger partial charge in [-0.05, 0) is 87.6 Å². The van der Waals surface area contributed by atoms with E-state index in [1.54, 1.807) is 0 Å². The van der Waals surface area contributed by atoms with Gasteiger partial charge in [0.15, 0.2) is 0 Å². The van der Waals surface area contributed by atoms with Gasteiger partial charge in [0.05, 0.1) is 0 Å². The first kappa shape index (κ1) is 24.6. The topological polar surface area (TPSA) is 3.24 Å². The minimum absolute atomic E-state index is 1.13. The van der Waals surface area contributed by atoms with Crippen LogP contribution in [0.1, 0.15) is 0 Å². The third-order valence-corrected chi connectivity index (χ3v) is 9.18. The fourth-order valence-corrected chi connectivity index (χ4v) is 7.11. The van der Waals surface area contributed by atoms with E-state index < -0.39 is 0 Å². The van der Waals surface area contributed by atoms with Gasteiger partial charge in [-0.1, -0.05) is 109 Å². The molecule has 198 valence electrons. The number of nitrogens with zero attached hydrogens (tertiary/aromatic N) is 1. The molecule has 0 bridgehead atoms. The molecule has 8 rings (SSSR count). The third kappa shape index (κ3) is 4.34. The van der Waals surface area contributed by atoms with Gasteiger partial charge in [-0.3, -0.25) is 0 Å². The minimum Gasteiger partial charge on any atom is -0.310 e. The Morgan fingerprint density at radius 2 is 0.952 bits per heavy atom. The second kappa shape index (κ2) is 10.3. The molecule has 1 heterocycles. The minimum atomic E-state index is 1.13. The van der Waals surface area contributed by atoms with Crippen molar-refractivity contribution in [1.82, 2.24) is 0 Å². The zero-order valence-electron chi connectivity index (χ0n) is 22.9. The molecule has 2 heteroatoms. The number of anilines is 3. The van der Waals surface area contributed by atoms with Crippen molar-refractivity contribution in [3.8, 4) is 22.3 Å². The van der Waals surface area contributed by atoms with Crippen molar-refractivity contribution in [2.45, 2.75) is 0 Å². The predicted octanol–water partition coefficient (Wildman–Crippen LogP) is 12.0. The van der Waals surface area contributed by atoms with E-state index in [2.05, 4.69) is 169 Å². The van der Waals surface area contributed by atoms with Crippen molar-refractivity contribution in [2.75, 3.05) is 4.90 Å². The molecular formula is C40H27NS. The van der Waals surface area contributed by atoms with Crippen LogP contribution in [0.4, 0.5) is 17.1 Å². The fraction of sp³-hybridized carbons (Fsp3) is 0. The fourth-order valence-electron chi connectivity index (χ4n) is 6.01. The lowest BCUT2D eigenvalue weighted by atomic mass is 9.99. The molecule has 42 heavy (non-hydrogen) atoms. The van der Waals surface area contributed by atoms with Gasteiger partial charge in [0.25, 0.3) is 0 Å². The Hall–Kier alpha value is -5.18. The average molecular weight is 554 g/mol. The third-order valence-electron chi connectivity index (χ3n) is 8.04. The molecule has 0 radical (unpaired) electrons. The quantitative estimate of drug-likeness (QED) is 0.205. The largest absolute Gasteiger partial charge is 0.310 e. The van der Waals surface area contributed by atoms with Crippen LogP contribution in [0.15, 0.2) is 164 Å². The van der Waals surface area contributed by atoms with Gasteiger partial charge >= 0.3 is 0 Å². The standard InChI is InChI=1S/C40H27NS/c1-3-10-28(11-4-1)31-13-9-16-35(26-31)41(33-14-5-2-6-15-33)34-22-18-29(19-23-34)32-21-24-38-37(27-32)40-36-17-8-7-12-30(36)20-25-39(40)42-38/h1-27H. The van der Waals surface area contributed by atoms with E-state index in [-0.39, 0.29) is 0 Å². The number of hydrogen-bond donors (Lipinski definition) is 0. The number of rotatable bonds is 5. The van der Waals surface area contributed by atoms with Gasteiger partial charge in [-0.15, -0.1) is 11.3 Å². The van der Waals surface area contributed by atoms with Crippen LogP contribution in [0.3, 0.4) is 0 Å². The molecule has 0 atom stereocenters.